The molecule has 0 spiro atoms. The van der Waals surface area contributed by atoms with Crippen LogP contribution in [0, 0.1) is 0 Å². The van der Waals surface area contributed by atoms with Gasteiger partial charge in [0.1, 0.15) is 0 Å². The van der Waals surface area contributed by atoms with Gasteiger partial charge in [-0.05, 0) is 56.4 Å². The fourth-order valence-corrected chi connectivity index (χ4v) is 4.12. The van der Waals surface area contributed by atoms with Gasteiger partial charge in [-0.25, -0.2) is 4.79 Å². The van der Waals surface area contributed by atoms with E-state index < -0.39 is 0 Å². The van der Waals surface area contributed by atoms with Crippen LogP contribution in [0.1, 0.15) is 62.8 Å². The van der Waals surface area contributed by atoms with Crippen molar-refractivity contribution in [3.63, 3.8) is 0 Å². The molecule has 4 atom stereocenters. The van der Waals surface area contributed by atoms with Crippen LogP contribution in [0.3, 0.4) is 0 Å². The molecule has 3 rings (SSSR count). The number of carbonyl (C=O) groups excluding carboxylic acids is 1. The Bertz CT molecular complexity index is 505. The summed E-state index contributed by atoms with van der Waals surface area (Å²) in [5.41, 5.74) is 7.40. The molecule has 4 unspecified atom stereocenters. The fraction of sp³-hybridized carbons (Fsp3) is 0.632. The minimum atomic E-state index is -0.0113. The number of nitrogens with two attached hydrogens (primary N) is 1. The van der Waals surface area contributed by atoms with Crippen LogP contribution in [0.5, 0.6) is 0 Å². The zero-order valence-corrected chi connectivity index (χ0v) is 13.8. The van der Waals surface area contributed by atoms with Crippen LogP contribution < -0.4 is 16.4 Å². The molecule has 4 nitrogen and oxygen atoms in total. The van der Waals surface area contributed by atoms with Crippen LogP contribution in [0.15, 0.2) is 30.3 Å². The number of urea groups is 1. The van der Waals surface area contributed by atoms with Crippen molar-refractivity contribution in [2.24, 2.45) is 5.73 Å². The summed E-state index contributed by atoms with van der Waals surface area (Å²) in [4.78, 5) is 12.3. The minimum Gasteiger partial charge on any atom is -0.335 e. The highest BCUT2D eigenvalue weighted by atomic mass is 16.2. The third kappa shape index (κ3) is 4.71. The molecule has 0 saturated heterocycles. The van der Waals surface area contributed by atoms with Gasteiger partial charge < -0.3 is 16.4 Å². The predicted octanol–water partition coefficient (Wildman–Crippen LogP) is 3.28. The van der Waals surface area contributed by atoms with Gasteiger partial charge in [0.05, 0.1) is 0 Å². The van der Waals surface area contributed by atoms with Crippen molar-refractivity contribution in [1.82, 2.24) is 10.6 Å². The minimum absolute atomic E-state index is 0.0113. The molecule has 0 aromatic heterocycles. The molecule has 2 fully saturated rings. The summed E-state index contributed by atoms with van der Waals surface area (Å²) in [6, 6.07) is 11.4. The Morgan fingerprint density at radius 1 is 0.913 bits per heavy atom. The quantitative estimate of drug-likeness (QED) is 0.801. The van der Waals surface area contributed by atoms with Gasteiger partial charge >= 0.3 is 6.03 Å². The first-order chi connectivity index (χ1) is 11.2. The molecule has 126 valence electrons. The predicted molar refractivity (Wildman–Crippen MR) is 93.3 cm³/mol. The zero-order valence-electron chi connectivity index (χ0n) is 13.8. The van der Waals surface area contributed by atoms with Gasteiger partial charge in [-0.1, -0.05) is 36.8 Å². The van der Waals surface area contributed by atoms with Crippen molar-refractivity contribution in [2.75, 3.05) is 0 Å². The average Bonchev–Trinajstić information content (AvgIpc) is 2.56. The highest BCUT2D eigenvalue weighted by Crippen LogP contribution is 2.32. The summed E-state index contributed by atoms with van der Waals surface area (Å²) >= 11 is 0. The molecular weight excluding hydrogens is 286 g/mol. The van der Waals surface area contributed by atoms with Gasteiger partial charge in [-0.15, -0.1) is 0 Å². The van der Waals surface area contributed by atoms with E-state index in [2.05, 4.69) is 41.0 Å². The molecule has 23 heavy (non-hydrogen) atoms. The zero-order chi connectivity index (χ0) is 16.1. The molecule has 2 saturated carbocycles. The molecule has 0 bridgehead atoms. The van der Waals surface area contributed by atoms with Crippen LogP contribution in [0.2, 0.25) is 0 Å². The monoisotopic (exact) mass is 315 g/mol. The Kier molecular flexibility index (Phi) is 5.55. The third-order valence-corrected chi connectivity index (χ3v) is 5.33. The van der Waals surface area contributed by atoms with E-state index in [9.17, 15) is 4.79 Å². The second-order valence-corrected chi connectivity index (χ2v) is 7.21. The molecule has 0 radical (unpaired) electrons. The number of amides is 2. The molecule has 4 N–H and O–H groups in total. The van der Waals surface area contributed by atoms with E-state index in [1.807, 2.05) is 0 Å². The number of rotatable bonds is 3. The SMILES string of the molecule is NC1CCCC(NC(=O)NC2CCCC(c3ccccc3)C2)C1. The average molecular weight is 315 g/mol. The Hall–Kier alpha value is -1.55. The van der Waals surface area contributed by atoms with E-state index >= 15 is 0 Å². The second kappa shape index (κ2) is 7.82. The Morgan fingerprint density at radius 2 is 1.57 bits per heavy atom. The summed E-state index contributed by atoms with van der Waals surface area (Å²) in [7, 11) is 0. The lowest BCUT2D eigenvalue weighted by atomic mass is 9.81. The maximum atomic E-state index is 12.3. The van der Waals surface area contributed by atoms with E-state index in [-0.39, 0.29) is 24.2 Å². The number of hydrogen-bond acceptors (Lipinski definition) is 2. The van der Waals surface area contributed by atoms with Gasteiger partial charge in [0.2, 0.25) is 0 Å². The lowest BCUT2D eigenvalue weighted by Gasteiger charge is -2.32. The lowest BCUT2D eigenvalue weighted by Crippen LogP contribution is -2.49. The smallest absolute Gasteiger partial charge is 0.315 e. The summed E-state index contributed by atoms with van der Waals surface area (Å²) in [6.45, 7) is 0. The van der Waals surface area contributed by atoms with Gasteiger partial charge in [0, 0.05) is 18.1 Å². The van der Waals surface area contributed by atoms with Crippen molar-refractivity contribution in [1.29, 1.82) is 0 Å². The summed E-state index contributed by atoms with van der Waals surface area (Å²) < 4.78 is 0. The van der Waals surface area contributed by atoms with E-state index in [0.29, 0.717) is 5.92 Å². The molecule has 4 heteroatoms. The topological polar surface area (TPSA) is 67.1 Å². The molecule has 2 aliphatic carbocycles. The van der Waals surface area contributed by atoms with Crippen molar-refractivity contribution in [3.8, 4) is 0 Å². The summed E-state index contributed by atoms with van der Waals surface area (Å²) in [5.74, 6) is 0.568. The number of benzene rings is 1. The highest BCUT2D eigenvalue weighted by Gasteiger charge is 2.26. The summed E-state index contributed by atoms with van der Waals surface area (Å²) in [6.07, 6.45) is 8.69. The first-order valence-electron chi connectivity index (χ1n) is 9.08. The molecule has 2 amide bonds. The van der Waals surface area contributed by atoms with Crippen LogP contribution in [0.25, 0.3) is 0 Å². The van der Waals surface area contributed by atoms with Crippen molar-refractivity contribution < 1.29 is 4.79 Å². The molecule has 2 aliphatic rings. The third-order valence-electron chi connectivity index (χ3n) is 5.33. The standard InChI is InChI=1S/C19H29N3O/c20-16-9-5-11-18(13-16)22-19(23)21-17-10-4-8-15(12-17)14-6-2-1-3-7-14/h1-3,6-7,15-18H,4-5,8-13,20H2,(H2,21,22,23). The van der Waals surface area contributed by atoms with Gasteiger partial charge in [0.25, 0.3) is 0 Å². The largest absolute Gasteiger partial charge is 0.335 e. The van der Waals surface area contributed by atoms with Crippen LogP contribution >= 0.6 is 0 Å². The molecular formula is C19H29N3O. The van der Waals surface area contributed by atoms with Crippen molar-refractivity contribution in [3.05, 3.63) is 35.9 Å². The first-order valence-corrected chi connectivity index (χ1v) is 9.08. The highest BCUT2D eigenvalue weighted by molar-refractivity contribution is 5.74. The van der Waals surface area contributed by atoms with Crippen LogP contribution in [-0.4, -0.2) is 24.2 Å². The van der Waals surface area contributed by atoms with E-state index in [0.717, 1.165) is 38.5 Å². The molecule has 0 heterocycles. The Morgan fingerprint density at radius 3 is 2.26 bits per heavy atom. The Labute approximate surface area is 139 Å². The van der Waals surface area contributed by atoms with Crippen molar-refractivity contribution >= 4 is 6.03 Å². The van der Waals surface area contributed by atoms with Crippen LogP contribution in [-0.2, 0) is 0 Å². The number of hydrogen-bond donors (Lipinski definition) is 3. The normalized spacial score (nSPS) is 31.3. The van der Waals surface area contributed by atoms with E-state index in [1.54, 1.807) is 0 Å². The fourth-order valence-electron chi connectivity index (χ4n) is 4.12. The van der Waals surface area contributed by atoms with Crippen LogP contribution in [0.4, 0.5) is 4.79 Å². The first kappa shape index (κ1) is 16.3. The number of carbonyl (C=O) groups is 1. The van der Waals surface area contributed by atoms with E-state index in [4.69, 9.17) is 5.73 Å². The Balaban J connectivity index is 1.48. The van der Waals surface area contributed by atoms with Gasteiger partial charge in [-0.3, -0.25) is 0 Å². The van der Waals surface area contributed by atoms with Gasteiger partial charge in [0.15, 0.2) is 0 Å². The maximum Gasteiger partial charge on any atom is 0.315 e. The van der Waals surface area contributed by atoms with E-state index in [1.165, 1.54) is 18.4 Å². The van der Waals surface area contributed by atoms with Gasteiger partial charge in [-0.2, -0.15) is 0 Å². The summed E-state index contributed by atoms with van der Waals surface area (Å²) in [5, 5.41) is 6.31. The number of nitrogens with one attached hydrogen (secondary N) is 2. The lowest BCUT2D eigenvalue weighted by molar-refractivity contribution is 0.221. The second-order valence-electron chi connectivity index (χ2n) is 7.21. The maximum absolute atomic E-state index is 12.3. The van der Waals surface area contributed by atoms with Crippen molar-refractivity contribution in [2.45, 2.75) is 75.4 Å². The molecule has 0 aliphatic heterocycles. The molecule has 1 aromatic carbocycles. The molecule has 1 aromatic rings.